The molecule has 0 atom stereocenters. The van der Waals surface area contributed by atoms with Crippen LogP contribution in [0.2, 0.25) is 0 Å². The molecule has 2 aromatic rings. The summed E-state index contributed by atoms with van der Waals surface area (Å²) >= 11 is 1.41. The minimum absolute atomic E-state index is 0.0274. The number of anilines is 1. The molecule has 0 radical (unpaired) electrons. The second kappa shape index (κ2) is 5.35. The molecular formula is C13H17N3OS. The Labute approximate surface area is 110 Å². The fourth-order valence-electron chi connectivity index (χ4n) is 1.83. The summed E-state index contributed by atoms with van der Waals surface area (Å²) in [5.41, 5.74) is 8.25. The average molecular weight is 263 g/mol. The third kappa shape index (κ3) is 2.61. The first kappa shape index (κ1) is 12.8. The normalized spacial score (nSPS) is 10.8. The van der Waals surface area contributed by atoms with Crippen molar-refractivity contribution in [2.75, 3.05) is 12.3 Å². The number of aromatic nitrogens is 1. The Kier molecular flexibility index (Phi) is 3.81. The molecule has 0 aliphatic carbocycles. The number of amides is 1. The zero-order valence-electron chi connectivity index (χ0n) is 10.6. The zero-order chi connectivity index (χ0) is 13.1. The summed E-state index contributed by atoms with van der Waals surface area (Å²) in [7, 11) is 0. The summed E-state index contributed by atoms with van der Waals surface area (Å²) < 4.78 is 0.966. The molecule has 1 heterocycles. The second-order valence-electron chi connectivity index (χ2n) is 4.30. The number of aryl methyl sites for hydroxylation is 1. The summed E-state index contributed by atoms with van der Waals surface area (Å²) in [5.74, 6) is -0.0274. The molecule has 1 aromatic heterocycles. The molecule has 5 heteroatoms. The number of carbonyl (C=O) groups is 1. The molecule has 0 aliphatic heterocycles. The van der Waals surface area contributed by atoms with Crippen LogP contribution in [0.5, 0.6) is 0 Å². The molecule has 18 heavy (non-hydrogen) atoms. The average Bonchev–Trinajstić information content (AvgIpc) is 2.70. The Morgan fingerprint density at radius 3 is 3.00 bits per heavy atom. The van der Waals surface area contributed by atoms with Gasteiger partial charge in [-0.1, -0.05) is 24.7 Å². The van der Waals surface area contributed by atoms with Gasteiger partial charge in [0.05, 0.1) is 10.2 Å². The van der Waals surface area contributed by atoms with Crippen LogP contribution in [-0.4, -0.2) is 17.4 Å². The van der Waals surface area contributed by atoms with Crippen LogP contribution in [0, 0.1) is 6.92 Å². The standard InChI is InChI=1S/C13H17N3OS/c1-3-4-5-15-12(17)9-6-8(2)11-10(7-9)18-13(14)16-11/h6-7H,3-5H2,1-2H3,(H2,14,16)(H,15,17). The van der Waals surface area contributed by atoms with E-state index in [2.05, 4.69) is 17.2 Å². The lowest BCUT2D eigenvalue weighted by Crippen LogP contribution is -2.24. The fourth-order valence-corrected chi connectivity index (χ4v) is 2.68. The minimum atomic E-state index is -0.0274. The van der Waals surface area contributed by atoms with Gasteiger partial charge in [-0.2, -0.15) is 0 Å². The predicted octanol–water partition coefficient (Wildman–Crippen LogP) is 2.72. The van der Waals surface area contributed by atoms with Gasteiger partial charge in [0.2, 0.25) is 0 Å². The van der Waals surface area contributed by atoms with Crippen molar-refractivity contribution in [2.45, 2.75) is 26.7 Å². The van der Waals surface area contributed by atoms with Crippen molar-refractivity contribution in [3.63, 3.8) is 0 Å². The Balaban J connectivity index is 2.25. The van der Waals surface area contributed by atoms with Crippen LogP contribution < -0.4 is 11.1 Å². The molecule has 0 spiro atoms. The largest absolute Gasteiger partial charge is 0.375 e. The van der Waals surface area contributed by atoms with Gasteiger partial charge in [0, 0.05) is 12.1 Å². The van der Waals surface area contributed by atoms with Crippen molar-refractivity contribution in [3.8, 4) is 0 Å². The van der Waals surface area contributed by atoms with Crippen LogP contribution in [0.15, 0.2) is 12.1 Å². The molecule has 0 aliphatic rings. The molecular weight excluding hydrogens is 246 g/mol. The molecule has 4 nitrogen and oxygen atoms in total. The second-order valence-corrected chi connectivity index (χ2v) is 5.36. The lowest BCUT2D eigenvalue weighted by Gasteiger charge is -2.05. The third-order valence-electron chi connectivity index (χ3n) is 2.78. The van der Waals surface area contributed by atoms with Gasteiger partial charge in [0.15, 0.2) is 5.13 Å². The number of hydrogen-bond acceptors (Lipinski definition) is 4. The van der Waals surface area contributed by atoms with E-state index in [1.165, 1.54) is 11.3 Å². The van der Waals surface area contributed by atoms with Gasteiger partial charge in [-0.15, -0.1) is 0 Å². The Bertz CT molecular complexity index is 577. The van der Waals surface area contributed by atoms with E-state index in [1.807, 2.05) is 19.1 Å². The number of unbranched alkanes of at least 4 members (excludes halogenated alkanes) is 1. The molecule has 1 amide bonds. The number of fused-ring (bicyclic) bond motifs is 1. The Morgan fingerprint density at radius 1 is 1.50 bits per heavy atom. The number of carbonyl (C=O) groups excluding carboxylic acids is 1. The van der Waals surface area contributed by atoms with E-state index in [0.717, 1.165) is 35.2 Å². The monoisotopic (exact) mass is 263 g/mol. The van der Waals surface area contributed by atoms with Crippen molar-refractivity contribution in [1.29, 1.82) is 0 Å². The van der Waals surface area contributed by atoms with E-state index >= 15 is 0 Å². The van der Waals surface area contributed by atoms with Crippen LogP contribution in [0.4, 0.5) is 5.13 Å². The Hall–Kier alpha value is -1.62. The maximum Gasteiger partial charge on any atom is 0.251 e. The number of nitrogen functional groups attached to an aromatic ring is 1. The molecule has 96 valence electrons. The third-order valence-corrected chi connectivity index (χ3v) is 3.61. The fraction of sp³-hybridized carbons (Fsp3) is 0.385. The summed E-state index contributed by atoms with van der Waals surface area (Å²) in [6.07, 6.45) is 2.07. The van der Waals surface area contributed by atoms with Crippen molar-refractivity contribution >= 4 is 32.6 Å². The number of nitrogens with zero attached hydrogens (tertiary/aromatic N) is 1. The number of thiazole rings is 1. The quantitative estimate of drug-likeness (QED) is 0.833. The molecule has 0 unspecified atom stereocenters. The van der Waals surface area contributed by atoms with Crippen molar-refractivity contribution in [2.24, 2.45) is 0 Å². The topological polar surface area (TPSA) is 68.0 Å². The number of hydrogen-bond donors (Lipinski definition) is 2. The van der Waals surface area contributed by atoms with Crippen LogP contribution >= 0.6 is 11.3 Å². The summed E-state index contributed by atoms with van der Waals surface area (Å²) in [6.45, 7) is 4.77. The van der Waals surface area contributed by atoms with Crippen LogP contribution in [0.1, 0.15) is 35.7 Å². The molecule has 0 bridgehead atoms. The number of nitrogens with one attached hydrogen (secondary N) is 1. The van der Waals surface area contributed by atoms with Gasteiger partial charge in [0.25, 0.3) is 5.91 Å². The van der Waals surface area contributed by atoms with Gasteiger partial charge >= 0.3 is 0 Å². The first-order valence-corrected chi connectivity index (χ1v) is 6.88. The number of benzene rings is 1. The van der Waals surface area contributed by atoms with Crippen LogP contribution in [0.3, 0.4) is 0 Å². The van der Waals surface area contributed by atoms with E-state index in [-0.39, 0.29) is 5.91 Å². The molecule has 3 N–H and O–H groups in total. The van der Waals surface area contributed by atoms with E-state index in [1.54, 1.807) is 0 Å². The van der Waals surface area contributed by atoms with Crippen LogP contribution in [-0.2, 0) is 0 Å². The number of rotatable bonds is 4. The molecule has 0 fully saturated rings. The lowest BCUT2D eigenvalue weighted by molar-refractivity contribution is 0.0953. The highest BCUT2D eigenvalue weighted by Gasteiger charge is 2.10. The van der Waals surface area contributed by atoms with Gasteiger partial charge in [-0.3, -0.25) is 4.79 Å². The highest BCUT2D eigenvalue weighted by atomic mass is 32.1. The van der Waals surface area contributed by atoms with E-state index in [4.69, 9.17) is 5.73 Å². The minimum Gasteiger partial charge on any atom is -0.375 e. The summed E-state index contributed by atoms with van der Waals surface area (Å²) in [4.78, 5) is 16.2. The van der Waals surface area contributed by atoms with Crippen molar-refractivity contribution < 1.29 is 4.79 Å². The maximum absolute atomic E-state index is 12.0. The molecule has 1 aromatic carbocycles. The van der Waals surface area contributed by atoms with E-state index < -0.39 is 0 Å². The van der Waals surface area contributed by atoms with E-state index in [9.17, 15) is 4.79 Å². The highest BCUT2D eigenvalue weighted by Crippen LogP contribution is 2.27. The number of nitrogens with two attached hydrogens (primary N) is 1. The Morgan fingerprint density at radius 2 is 2.28 bits per heavy atom. The van der Waals surface area contributed by atoms with Gasteiger partial charge in [-0.25, -0.2) is 4.98 Å². The van der Waals surface area contributed by atoms with Gasteiger partial charge in [-0.05, 0) is 31.0 Å². The molecule has 0 saturated carbocycles. The SMILES string of the molecule is CCCCNC(=O)c1cc(C)c2nc(N)sc2c1. The summed E-state index contributed by atoms with van der Waals surface area (Å²) in [5, 5.41) is 3.45. The first-order valence-electron chi connectivity index (χ1n) is 6.06. The molecule has 2 rings (SSSR count). The lowest BCUT2D eigenvalue weighted by atomic mass is 10.1. The van der Waals surface area contributed by atoms with Gasteiger partial charge < -0.3 is 11.1 Å². The van der Waals surface area contributed by atoms with Gasteiger partial charge in [0.1, 0.15) is 0 Å². The van der Waals surface area contributed by atoms with Crippen molar-refractivity contribution in [3.05, 3.63) is 23.3 Å². The van der Waals surface area contributed by atoms with E-state index in [0.29, 0.717) is 10.7 Å². The highest BCUT2D eigenvalue weighted by molar-refractivity contribution is 7.22. The zero-order valence-corrected chi connectivity index (χ0v) is 11.4. The first-order chi connectivity index (χ1) is 8.61. The summed E-state index contributed by atoms with van der Waals surface area (Å²) in [6, 6.07) is 3.72. The molecule has 0 saturated heterocycles. The van der Waals surface area contributed by atoms with Crippen LogP contribution in [0.25, 0.3) is 10.2 Å². The smallest absolute Gasteiger partial charge is 0.251 e. The maximum atomic E-state index is 12.0. The van der Waals surface area contributed by atoms with Crippen molar-refractivity contribution in [1.82, 2.24) is 10.3 Å². The predicted molar refractivity (Wildman–Crippen MR) is 76.0 cm³/mol.